The van der Waals surface area contributed by atoms with Crippen LogP contribution in [0.2, 0.25) is 0 Å². The molecular formula is C12H13N5O8S. The monoisotopic (exact) mass is 387 g/mol. The molecule has 140 valence electrons. The lowest BCUT2D eigenvalue weighted by atomic mass is 9.93. The number of aryl methyl sites for hydroxylation is 1. The summed E-state index contributed by atoms with van der Waals surface area (Å²) in [5.74, 6) is -1.19. The number of fused-ring (bicyclic) bond motifs is 4. The molecule has 2 N–H and O–H groups in total. The lowest BCUT2D eigenvalue weighted by Crippen LogP contribution is -2.39. The maximum atomic E-state index is 12.6. The minimum absolute atomic E-state index is 0.0434. The Hall–Kier alpha value is -2.71. The number of oxime groups is 1. The van der Waals surface area contributed by atoms with Crippen LogP contribution in [-0.4, -0.2) is 68.2 Å². The van der Waals surface area contributed by atoms with E-state index in [0.29, 0.717) is 22.0 Å². The van der Waals surface area contributed by atoms with Crippen molar-refractivity contribution in [1.29, 1.82) is 0 Å². The Morgan fingerprint density at radius 2 is 2.19 bits per heavy atom. The second-order valence-electron chi connectivity index (χ2n) is 6.01. The van der Waals surface area contributed by atoms with Gasteiger partial charge in [0.15, 0.2) is 0 Å². The average Bonchev–Trinajstić information content (AvgIpc) is 3.23. The molecule has 14 heteroatoms. The number of hydrogen-bond acceptors (Lipinski definition) is 8. The van der Waals surface area contributed by atoms with Gasteiger partial charge in [0.1, 0.15) is 12.1 Å². The molecule has 0 spiro atoms. The molecule has 0 radical (unpaired) electrons. The Morgan fingerprint density at radius 3 is 2.81 bits per heavy atom. The molecule has 0 aromatic carbocycles. The first-order valence-electron chi connectivity index (χ1n) is 7.41. The highest BCUT2D eigenvalue weighted by Crippen LogP contribution is 2.45. The van der Waals surface area contributed by atoms with E-state index in [9.17, 15) is 18.0 Å². The number of rotatable bonds is 4. The van der Waals surface area contributed by atoms with Gasteiger partial charge in [-0.15, -0.1) is 4.28 Å². The number of aromatic nitrogens is 2. The Labute approximate surface area is 146 Å². The zero-order valence-corrected chi connectivity index (χ0v) is 14.0. The van der Waals surface area contributed by atoms with Gasteiger partial charge in [0.05, 0.1) is 24.1 Å². The topological polar surface area (TPSA) is 164 Å². The van der Waals surface area contributed by atoms with Gasteiger partial charge < -0.3 is 14.8 Å². The van der Waals surface area contributed by atoms with E-state index in [4.69, 9.17) is 14.5 Å². The molecule has 3 atom stereocenters. The van der Waals surface area contributed by atoms with Crippen molar-refractivity contribution in [3.8, 4) is 0 Å². The molecule has 2 amide bonds. The third-order valence-corrected chi connectivity index (χ3v) is 4.84. The summed E-state index contributed by atoms with van der Waals surface area (Å²) in [6.45, 7) is 0.0501. The van der Waals surface area contributed by atoms with Crippen LogP contribution in [0.3, 0.4) is 0 Å². The summed E-state index contributed by atoms with van der Waals surface area (Å²) in [7, 11) is -3.29. The molecule has 1 aromatic rings. The summed E-state index contributed by atoms with van der Waals surface area (Å²) in [6.07, 6.45) is 0.245. The number of hydrogen-bond donors (Lipinski definition) is 2. The summed E-state index contributed by atoms with van der Waals surface area (Å²) in [6, 6.07) is -2.40. The van der Waals surface area contributed by atoms with Crippen molar-refractivity contribution >= 4 is 28.1 Å². The number of carboxylic acid groups (broad SMARTS) is 1. The zero-order chi connectivity index (χ0) is 18.8. The number of urea groups is 1. The highest BCUT2D eigenvalue weighted by Gasteiger charge is 2.54. The highest BCUT2D eigenvalue weighted by atomic mass is 32.3. The van der Waals surface area contributed by atoms with E-state index >= 15 is 0 Å². The molecule has 2 bridgehead atoms. The van der Waals surface area contributed by atoms with E-state index in [1.54, 1.807) is 7.05 Å². The van der Waals surface area contributed by atoms with Gasteiger partial charge in [-0.3, -0.25) is 9.23 Å². The molecule has 0 aliphatic carbocycles. The van der Waals surface area contributed by atoms with Crippen molar-refractivity contribution in [1.82, 2.24) is 19.7 Å². The van der Waals surface area contributed by atoms with Crippen molar-refractivity contribution in [3.05, 3.63) is 17.5 Å². The van der Waals surface area contributed by atoms with Crippen LogP contribution in [0.1, 0.15) is 29.8 Å². The molecule has 1 unspecified atom stereocenters. The van der Waals surface area contributed by atoms with Crippen LogP contribution in [-0.2, 0) is 31.4 Å². The van der Waals surface area contributed by atoms with E-state index in [1.807, 2.05) is 0 Å². The molecule has 3 aliphatic rings. The Kier molecular flexibility index (Phi) is 3.47. The lowest BCUT2D eigenvalue weighted by molar-refractivity contribution is -0.148. The lowest BCUT2D eigenvalue weighted by Gasteiger charge is -2.30. The number of nitrogens with zero attached hydrogens (tertiary/aromatic N) is 5. The van der Waals surface area contributed by atoms with Gasteiger partial charge in [-0.25, -0.2) is 9.59 Å². The SMILES string of the molecule is Cn1ncc2c1[C@@H](C1=NOC(C(=O)O)C1)N1C[C@@H]2N(OS(=O)(=O)O)C1=O. The fourth-order valence-electron chi connectivity index (χ4n) is 3.45. The second kappa shape index (κ2) is 5.39. The fraction of sp³-hybridized carbons (Fsp3) is 0.500. The summed E-state index contributed by atoms with van der Waals surface area (Å²) < 4.78 is 37.0. The molecule has 1 saturated heterocycles. The summed E-state index contributed by atoms with van der Waals surface area (Å²) in [5.41, 5.74) is 1.33. The first-order valence-corrected chi connectivity index (χ1v) is 8.78. The number of hydroxylamine groups is 2. The van der Waals surface area contributed by atoms with E-state index < -0.39 is 40.6 Å². The van der Waals surface area contributed by atoms with Crippen LogP contribution < -0.4 is 0 Å². The van der Waals surface area contributed by atoms with Crippen molar-refractivity contribution in [3.63, 3.8) is 0 Å². The second-order valence-corrected chi connectivity index (χ2v) is 7.01. The van der Waals surface area contributed by atoms with Gasteiger partial charge in [0.2, 0.25) is 6.10 Å². The van der Waals surface area contributed by atoms with Crippen LogP contribution in [0.15, 0.2) is 11.4 Å². The standard InChI is InChI=1S/C12H13N5O8S/c1-15-9-5(3-13-15)7-4-16(12(20)17(7)25-26(21,22)23)10(9)6-2-8(11(18)19)24-14-6/h3,7-8,10H,2,4H2,1H3,(H,18,19)(H,21,22,23)/t7-,8?,10+/m0/s1. The minimum atomic E-state index is -4.91. The van der Waals surface area contributed by atoms with E-state index in [-0.39, 0.29) is 13.0 Å². The normalized spacial score (nSPS) is 27.4. The van der Waals surface area contributed by atoms with Gasteiger partial charge in [-0.2, -0.15) is 18.6 Å². The largest absolute Gasteiger partial charge is 0.478 e. The Morgan fingerprint density at radius 1 is 1.46 bits per heavy atom. The smallest absolute Gasteiger partial charge is 0.418 e. The number of aliphatic carboxylic acids is 1. The third kappa shape index (κ3) is 2.41. The Balaban J connectivity index is 1.75. The molecule has 0 saturated carbocycles. The maximum absolute atomic E-state index is 12.6. The zero-order valence-electron chi connectivity index (χ0n) is 13.2. The number of carbonyl (C=O) groups excluding carboxylic acids is 1. The van der Waals surface area contributed by atoms with Crippen molar-refractivity contribution in [2.75, 3.05) is 6.54 Å². The van der Waals surface area contributed by atoms with Gasteiger partial charge in [0.25, 0.3) is 0 Å². The van der Waals surface area contributed by atoms with E-state index in [2.05, 4.69) is 14.5 Å². The molecule has 4 rings (SSSR count). The maximum Gasteiger partial charge on any atom is 0.418 e. The fourth-order valence-corrected chi connectivity index (χ4v) is 3.83. The van der Waals surface area contributed by atoms with Crippen LogP contribution in [0.5, 0.6) is 0 Å². The first-order chi connectivity index (χ1) is 12.2. The molecule has 4 heterocycles. The minimum Gasteiger partial charge on any atom is -0.478 e. The number of carbonyl (C=O) groups is 2. The predicted octanol–water partition coefficient (Wildman–Crippen LogP) is -0.783. The van der Waals surface area contributed by atoms with Crippen LogP contribution >= 0.6 is 0 Å². The van der Waals surface area contributed by atoms with Crippen LogP contribution in [0.25, 0.3) is 0 Å². The van der Waals surface area contributed by atoms with Crippen LogP contribution in [0.4, 0.5) is 4.79 Å². The molecular weight excluding hydrogens is 374 g/mol. The van der Waals surface area contributed by atoms with Crippen molar-refractivity contribution in [2.24, 2.45) is 12.2 Å². The molecule has 13 nitrogen and oxygen atoms in total. The number of carboxylic acids is 1. The predicted molar refractivity (Wildman–Crippen MR) is 79.8 cm³/mol. The van der Waals surface area contributed by atoms with Gasteiger partial charge in [-0.1, -0.05) is 5.16 Å². The van der Waals surface area contributed by atoms with Gasteiger partial charge in [-0.05, 0) is 0 Å². The molecule has 3 aliphatic heterocycles. The summed E-state index contributed by atoms with van der Waals surface area (Å²) in [5, 5.41) is 17.6. The molecule has 26 heavy (non-hydrogen) atoms. The Bertz CT molecular complexity index is 939. The summed E-state index contributed by atoms with van der Waals surface area (Å²) >= 11 is 0. The average molecular weight is 387 g/mol. The van der Waals surface area contributed by atoms with Crippen molar-refractivity contribution < 1.29 is 36.8 Å². The number of amides is 2. The quantitative estimate of drug-likeness (QED) is 0.630. The van der Waals surface area contributed by atoms with Gasteiger partial charge in [0, 0.05) is 19.0 Å². The third-order valence-electron chi connectivity index (χ3n) is 4.49. The molecule has 1 aromatic heterocycles. The first kappa shape index (κ1) is 16.7. The van der Waals surface area contributed by atoms with E-state index in [0.717, 1.165) is 0 Å². The van der Waals surface area contributed by atoms with E-state index in [1.165, 1.54) is 15.8 Å². The van der Waals surface area contributed by atoms with Gasteiger partial charge >= 0.3 is 22.4 Å². The molecule has 1 fully saturated rings. The highest BCUT2D eigenvalue weighted by molar-refractivity contribution is 7.80. The summed E-state index contributed by atoms with van der Waals surface area (Å²) in [4.78, 5) is 29.9. The van der Waals surface area contributed by atoms with Crippen molar-refractivity contribution in [2.45, 2.75) is 24.6 Å². The van der Waals surface area contributed by atoms with Crippen LogP contribution in [0, 0.1) is 0 Å².